The highest BCUT2D eigenvalue weighted by molar-refractivity contribution is 7.92. The van der Waals surface area contributed by atoms with E-state index in [1.807, 2.05) is 12.2 Å². The molecular formula is C13H12Cl2N2O2S. The van der Waals surface area contributed by atoms with E-state index >= 15 is 0 Å². The van der Waals surface area contributed by atoms with Gasteiger partial charge >= 0.3 is 0 Å². The van der Waals surface area contributed by atoms with Crippen molar-refractivity contribution in [2.24, 2.45) is 5.92 Å². The summed E-state index contributed by atoms with van der Waals surface area (Å²) in [4.78, 5) is 7.80. The van der Waals surface area contributed by atoms with Crippen LogP contribution in [-0.2, 0) is 9.84 Å². The molecule has 3 rings (SSSR count). The maximum atomic E-state index is 12.8. The maximum Gasteiger partial charge on any atom is 0.222 e. The van der Waals surface area contributed by atoms with Crippen LogP contribution in [0.5, 0.6) is 0 Å². The SMILES string of the molecule is O=S1(=O)C(c2nc(Cl)ncc2Cl)CCC2C=CC=CC21. The second-order valence-electron chi connectivity index (χ2n) is 4.93. The first-order valence-electron chi connectivity index (χ1n) is 6.26. The smallest absolute Gasteiger partial charge is 0.222 e. The van der Waals surface area contributed by atoms with Gasteiger partial charge in [0.15, 0.2) is 9.84 Å². The molecule has 1 aliphatic heterocycles. The summed E-state index contributed by atoms with van der Waals surface area (Å²) in [5.74, 6) is 0.0392. The van der Waals surface area contributed by atoms with Crippen molar-refractivity contribution in [3.05, 3.63) is 46.5 Å². The summed E-state index contributed by atoms with van der Waals surface area (Å²) in [6, 6.07) is 0. The zero-order valence-electron chi connectivity index (χ0n) is 10.4. The zero-order valence-corrected chi connectivity index (χ0v) is 12.7. The van der Waals surface area contributed by atoms with Crippen molar-refractivity contribution in [3.63, 3.8) is 0 Å². The molecule has 3 unspecified atom stereocenters. The average Bonchev–Trinajstić information content (AvgIpc) is 2.42. The Balaban J connectivity index is 2.05. The van der Waals surface area contributed by atoms with E-state index in [0.29, 0.717) is 12.1 Å². The number of allylic oxidation sites excluding steroid dienone is 3. The number of halogens is 2. The van der Waals surface area contributed by atoms with E-state index < -0.39 is 20.3 Å². The van der Waals surface area contributed by atoms with Gasteiger partial charge < -0.3 is 0 Å². The predicted molar refractivity (Wildman–Crippen MR) is 78.5 cm³/mol. The van der Waals surface area contributed by atoms with Crippen LogP contribution in [-0.4, -0.2) is 23.6 Å². The van der Waals surface area contributed by atoms with E-state index in [0.717, 1.165) is 6.42 Å². The highest BCUT2D eigenvalue weighted by atomic mass is 35.5. The standard InChI is InChI=1S/C13H12Cl2N2O2S/c14-9-7-16-13(15)17-12(9)11-6-5-8-3-1-2-4-10(8)20(11,18)19/h1-4,7-8,10-11H,5-6H2. The minimum atomic E-state index is -3.39. The summed E-state index contributed by atoms with van der Waals surface area (Å²) < 4.78 is 25.5. The van der Waals surface area contributed by atoms with Crippen LogP contribution in [0, 0.1) is 5.92 Å². The van der Waals surface area contributed by atoms with Gasteiger partial charge in [0.05, 0.1) is 22.2 Å². The van der Waals surface area contributed by atoms with Crippen LogP contribution in [0.3, 0.4) is 0 Å². The van der Waals surface area contributed by atoms with Gasteiger partial charge in [-0.25, -0.2) is 18.4 Å². The largest absolute Gasteiger partial charge is 0.228 e. The van der Waals surface area contributed by atoms with Crippen LogP contribution >= 0.6 is 23.2 Å². The molecule has 7 heteroatoms. The number of nitrogens with zero attached hydrogens (tertiary/aromatic N) is 2. The first-order chi connectivity index (χ1) is 9.50. The van der Waals surface area contributed by atoms with Gasteiger partial charge in [-0.05, 0) is 30.4 Å². The average molecular weight is 331 g/mol. The molecule has 1 fully saturated rings. The highest BCUT2D eigenvalue weighted by Gasteiger charge is 2.44. The zero-order chi connectivity index (χ0) is 14.3. The lowest BCUT2D eigenvalue weighted by Gasteiger charge is -2.34. The molecule has 0 amide bonds. The number of fused-ring (bicyclic) bond motifs is 1. The molecule has 1 aliphatic carbocycles. The van der Waals surface area contributed by atoms with Gasteiger partial charge in [-0.3, -0.25) is 0 Å². The van der Waals surface area contributed by atoms with Gasteiger partial charge in [-0.2, -0.15) is 0 Å². The molecule has 106 valence electrons. The second kappa shape index (κ2) is 5.13. The summed E-state index contributed by atoms with van der Waals surface area (Å²) in [5, 5.41) is -0.957. The van der Waals surface area contributed by atoms with Gasteiger partial charge in [-0.1, -0.05) is 35.9 Å². The van der Waals surface area contributed by atoms with E-state index in [4.69, 9.17) is 23.2 Å². The Morgan fingerprint density at radius 1 is 1.15 bits per heavy atom. The molecule has 0 saturated carbocycles. The molecule has 0 N–H and O–H groups in total. The van der Waals surface area contributed by atoms with Crippen LogP contribution in [0.15, 0.2) is 30.5 Å². The molecule has 1 aromatic heterocycles. The molecule has 1 saturated heterocycles. The molecule has 0 aromatic carbocycles. The number of sulfone groups is 1. The number of hydrogen-bond acceptors (Lipinski definition) is 4. The van der Waals surface area contributed by atoms with Crippen molar-refractivity contribution in [1.82, 2.24) is 9.97 Å². The molecule has 2 aliphatic rings. The monoisotopic (exact) mass is 330 g/mol. The fourth-order valence-corrected chi connectivity index (χ4v) is 5.61. The van der Waals surface area contributed by atoms with Crippen molar-refractivity contribution >= 4 is 33.0 Å². The lowest BCUT2D eigenvalue weighted by Crippen LogP contribution is -2.37. The predicted octanol–water partition coefficient (Wildman–Crippen LogP) is 3.14. The van der Waals surface area contributed by atoms with Crippen molar-refractivity contribution in [2.45, 2.75) is 23.3 Å². The van der Waals surface area contributed by atoms with Gasteiger partial charge in [0, 0.05) is 0 Å². The Hall–Kier alpha value is -0.910. The van der Waals surface area contributed by atoms with E-state index in [1.165, 1.54) is 6.20 Å². The summed E-state index contributed by atoms with van der Waals surface area (Å²) in [7, 11) is -3.39. The summed E-state index contributed by atoms with van der Waals surface area (Å²) in [6.45, 7) is 0. The van der Waals surface area contributed by atoms with Crippen molar-refractivity contribution in [3.8, 4) is 0 Å². The highest BCUT2D eigenvalue weighted by Crippen LogP contribution is 2.43. The Labute approximate surface area is 127 Å². The lowest BCUT2D eigenvalue weighted by molar-refractivity contribution is 0.473. The minimum absolute atomic E-state index is 0.0146. The molecule has 1 aromatic rings. The molecule has 20 heavy (non-hydrogen) atoms. The topological polar surface area (TPSA) is 59.9 Å². The fourth-order valence-electron chi connectivity index (χ4n) is 2.82. The van der Waals surface area contributed by atoms with Crippen LogP contribution in [0.25, 0.3) is 0 Å². The molecule has 4 nitrogen and oxygen atoms in total. The number of rotatable bonds is 1. The molecule has 0 bridgehead atoms. The van der Waals surface area contributed by atoms with Gasteiger partial charge in [0.1, 0.15) is 5.25 Å². The molecule has 2 heterocycles. The van der Waals surface area contributed by atoms with Crippen molar-refractivity contribution < 1.29 is 8.42 Å². The summed E-state index contributed by atoms with van der Waals surface area (Å²) in [6.07, 6.45) is 9.99. The van der Waals surface area contributed by atoms with E-state index in [-0.39, 0.29) is 16.2 Å². The van der Waals surface area contributed by atoms with Crippen LogP contribution in [0.4, 0.5) is 0 Å². The Kier molecular flexibility index (Phi) is 3.60. The van der Waals surface area contributed by atoms with E-state index in [9.17, 15) is 8.42 Å². The Bertz CT molecular complexity index is 700. The molecular weight excluding hydrogens is 319 g/mol. The van der Waals surface area contributed by atoms with Gasteiger partial charge in [0.2, 0.25) is 5.28 Å². The Morgan fingerprint density at radius 3 is 2.70 bits per heavy atom. The third-order valence-corrected chi connectivity index (χ3v) is 6.77. The Morgan fingerprint density at radius 2 is 1.90 bits per heavy atom. The van der Waals surface area contributed by atoms with Crippen LogP contribution in [0.2, 0.25) is 10.3 Å². The van der Waals surface area contributed by atoms with Crippen LogP contribution < -0.4 is 0 Å². The van der Waals surface area contributed by atoms with Crippen LogP contribution in [0.1, 0.15) is 23.8 Å². The quantitative estimate of drug-likeness (QED) is 0.742. The third-order valence-electron chi connectivity index (χ3n) is 3.78. The first-order valence-corrected chi connectivity index (χ1v) is 8.62. The number of aromatic nitrogens is 2. The molecule has 3 atom stereocenters. The minimum Gasteiger partial charge on any atom is -0.228 e. The first kappa shape index (κ1) is 14.0. The summed E-state index contributed by atoms with van der Waals surface area (Å²) >= 11 is 11.8. The van der Waals surface area contributed by atoms with E-state index in [2.05, 4.69) is 9.97 Å². The maximum absolute atomic E-state index is 12.8. The number of hydrogen-bond donors (Lipinski definition) is 0. The van der Waals surface area contributed by atoms with Crippen molar-refractivity contribution in [1.29, 1.82) is 0 Å². The van der Waals surface area contributed by atoms with Gasteiger partial charge in [0.25, 0.3) is 0 Å². The lowest BCUT2D eigenvalue weighted by atomic mass is 9.93. The normalized spacial score (nSPS) is 31.0. The van der Waals surface area contributed by atoms with Crippen molar-refractivity contribution in [2.75, 3.05) is 0 Å². The van der Waals surface area contributed by atoms with E-state index in [1.54, 1.807) is 12.2 Å². The fraction of sp³-hybridized carbons (Fsp3) is 0.385. The summed E-state index contributed by atoms with van der Waals surface area (Å²) in [5.41, 5.74) is 0.313. The van der Waals surface area contributed by atoms with Gasteiger partial charge in [-0.15, -0.1) is 0 Å². The molecule has 0 spiro atoms. The third kappa shape index (κ3) is 2.28. The molecule has 0 radical (unpaired) electrons. The second-order valence-corrected chi connectivity index (χ2v) is 7.96.